The lowest BCUT2D eigenvalue weighted by atomic mass is 10.2. The van der Waals surface area contributed by atoms with Crippen molar-refractivity contribution in [2.24, 2.45) is 7.05 Å². The number of ether oxygens (including phenoxy) is 1. The number of nitrogens with zero attached hydrogens (tertiary/aromatic N) is 3. The Hall–Kier alpha value is -2.18. The average Bonchev–Trinajstić information content (AvgIpc) is 2.38. The molecule has 0 N–H and O–H groups in total. The molecule has 0 aromatic carbocycles. The lowest BCUT2D eigenvalue weighted by Gasteiger charge is -2.25. The van der Waals surface area contributed by atoms with E-state index in [0.717, 1.165) is 4.68 Å². The zero-order valence-electron chi connectivity index (χ0n) is 12.1. The van der Waals surface area contributed by atoms with Crippen LogP contribution < -0.4 is 5.56 Å². The van der Waals surface area contributed by atoms with E-state index in [-0.39, 0.29) is 30.4 Å². The van der Waals surface area contributed by atoms with Crippen molar-refractivity contribution < 1.29 is 14.3 Å². The third-order valence-corrected chi connectivity index (χ3v) is 2.67. The van der Waals surface area contributed by atoms with Gasteiger partial charge in [-0.05, 0) is 26.8 Å². The molecule has 1 amide bonds. The van der Waals surface area contributed by atoms with Crippen molar-refractivity contribution in [1.82, 2.24) is 14.7 Å². The van der Waals surface area contributed by atoms with Crippen molar-refractivity contribution in [3.05, 3.63) is 28.2 Å². The first-order chi connectivity index (χ1) is 9.36. The molecular weight excluding hydrogens is 262 g/mol. The summed E-state index contributed by atoms with van der Waals surface area (Å²) in [6.45, 7) is 5.40. The minimum Gasteiger partial charge on any atom is -0.465 e. The van der Waals surface area contributed by atoms with Crippen molar-refractivity contribution in [3.8, 4) is 0 Å². The Balaban J connectivity index is 2.96. The fraction of sp³-hybridized carbons (Fsp3) is 0.538. The summed E-state index contributed by atoms with van der Waals surface area (Å²) in [5.41, 5.74) is -0.187. The highest BCUT2D eigenvalue weighted by molar-refractivity contribution is 5.94. The highest BCUT2D eigenvalue weighted by Gasteiger charge is 2.23. The summed E-state index contributed by atoms with van der Waals surface area (Å²) in [5.74, 6) is -0.886. The van der Waals surface area contributed by atoms with Gasteiger partial charge in [-0.1, -0.05) is 0 Å². The predicted molar refractivity (Wildman–Crippen MR) is 72.3 cm³/mol. The van der Waals surface area contributed by atoms with Crippen LogP contribution in [-0.4, -0.2) is 45.8 Å². The Morgan fingerprint density at radius 2 is 2.05 bits per heavy atom. The molecule has 0 saturated carbocycles. The van der Waals surface area contributed by atoms with Crippen molar-refractivity contribution in [2.45, 2.75) is 26.8 Å². The third-order valence-electron chi connectivity index (χ3n) is 2.67. The second kappa shape index (κ2) is 6.83. The largest absolute Gasteiger partial charge is 0.465 e. The smallest absolute Gasteiger partial charge is 0.325 e. The first-order valence-electron chi connectivity index (χ1n) is 6.37. The van der Waals surface area contributed by atoms with E-state index in [4.69, 9.17) is 4.74 Å². The topological polar surface area (TPSA) is 81.5 Å². The molecule has 0 aliphatic heterocycles. The van der Waals surface area contributed by atoms with Gasteiger partial charge in [-0.25, -0.2) is 4.68 Å². The highest BCUT2D eigenvalue weighted by atomic mass is 16.5. The van der Waals surface area contributed by atoms with Crippen LogP contribution in [0.5, 0.6) is 0 Å². The second-order valence-corrected chi connectivity index (χ2v) is 4.51. The molecule has 110 valence electrons. The van der Waals surface area contributed by atoms with Crippen LogP contribution >= 0.6 is 0 Å². The first kappa shape index (κ1) is 15.9. The van der Waals surface area contributed by atoms with Crippen LogP contribution in [0.4, 0.5) is 0 Å². The number of aryl methyl sites for hydroxylation is 1. The monoisotopic (exact) mass is 281 g/mol. The lowest BCUT2D eigenvalue weighted by Crippen LogP contribution is -2.42. The lowest BCUT2D eigenvalue weighted by molar-refractivity contribution is -0.144. The fourth-order valence-electron chi connectivity index (χ4n) is 1.60. The summed E-state index contributed by atoms with van der Waals surface area (Å²) in [6.07, 6.45) is 0. The summed E-state index contributed by atoms with van der Waals surface area (Å²) in [6, 6.07) is 2.43. The predicted octanol–water partition coefficient (Wildman–Crippen LogP) is 0.194. The Bertz CT molecular complexity index is 551. The number of hydrogen-bond donors (Lipinski definition) is 0. The van der Waals surface area contributed by atoms with Crippen LogP contribution in [0.15, 0.2) is 16.9 Å². The Morgan fingerprint density at radius 1 is 1.40 bits per heavy atom. The quantitative estimate of drug-likeness (QED) is 0.720. The van der Waals surface area contributed by atoms with Gasteiger partial charge in [0.05, 0.1) is 6.61 Å². The molecule has 1 aromatic heterocycles. The van der Waals surface area contributed by atoms with Crippen LogP contribution in [0.25, 0.3) is 0 Å². The molecule has 1 heterocycles. The minimum absolute atomic E-state index is 0.116. The molecule has 0 fully saturated rings. The molecule has 0 radical (unpaired) electrons. The van der Waals surface area contributed by atoms with Crippen LogP contribution in [0.1, 0.15) is 31.3 Å². The van der Waals surface area contributed by atoms with E-state index < -0.39 is 11.9 Å². The van der Waals surface area contributed by atoms with Crippen molar-refractivity contribution in [2.75, 3.05) is 13.2 Å². The SMILES string of the molecule is CCOC(=O)CN(C(=O)c1ccc(=O)n(C)n1)C(C)C. The number of esters is 1. The standard InChI is InChI=1S/C13H19N3O4/c1-5-20-12(18)8-16(9(2)3)13(19)10-6-7-11(17)15(4)14-10/h6-7,9H,5,8H2,1-4H3. The number of amides is 1. The van der Waals surface area contributed by atoms with Gasteiger partial charge in [0.15, 0.2) is 0 Å². The number of carbonyl (C=O) groups excluding carboxylic acids is 2. The fourth-order valence-corrected chi connectivity index (χ4v) is 1.60. The maximum absolute atomic E-state index is 12.3. The molecule has 0 spiro atoms. The van der Waals surface area contributed by atoms with Gasteiger partial charge < -0.3 is 9.64 Å². The molecule has 7 nitrogen and oxygen atoms in total. The molecule has 0 bridgehead atoms. The summed E-state index contributed by atoms with van der Waals surface area (Å²) >= 11 is 0. The van der Waals surface area contributed by atoms with Gasteiger partial charge in [-0.3, -0.25) is 14.4 Å². The molecule has 20 heavy (non-hydrogen) atoms. The molecule has 0 aliphatic carbocycles. The van der Waals surface area contributed by atoms with Gasteiger partial charge in [-0.15, -0.1) is 0 Å². The zero-order chi connectivity index (χ0) is 15.3. The van der Waals surface area contributed by atoms with Crippen molar-refractivity contribution >= 4 is 11.9 Å². The van der Waals surface area contributed by atoms with E-state index in [0.29, 0.717) is 0 Å². The molecule has 0 atom stereocenters. The van der Waals surface area contributed by atoms with Crippen molar-refractivity contribution in [1.29, 1.82) is 0 Å². The summed E-state index contributed by atoms with van der Waals surface area (Å²) in [5, 5.41) is 3.89. The highest BCUT2D eigenvalue weighted by Crippen LogP contribution is 2.05. The summed E-state index contributed by atoms with van der Waals surface area (Å²) in [4.78, 5) is 36.5. The van der Waals surface area contributed by atoms with Gasteiger partial charge in [0, 0.05) is 19.2 Å². The Labute approximate surface area is 117 Å². The molecule has 1 aromatic rings. The molecule has 0 aliphatic rings. The van der Waals surface area contributed by atoms with Crippen LogP contribution in [-0.2, 0) is 16.6 Å². The number of carbonyl (C=O) groups is 2. The number of hydrogen-bond acceptors (Lipinski definition) is 5. The van der Waals surface area contributed by atoms with Gasteiger partial charge in [0.2, 0.25) is 0 Å². The number of rotatable bonds is 5. The average molecular weight is 281 g/mol. The minimum atomic E-state index is -0.473. The molecule has 0 saturated heterocycles. The second-order valence-electron chi connectivity index (χ2n) is 4.51. The summed E-state index contributed by atoms with van der Waals surface area (Å²) < 4.78 is 5.92. The third kappa shape index (κ3) is 3.91. The van der Waals surface area contributed by atoms with E-state index >= 15 is 0 Å². The van der Waals surface area contributed by atoms with Crippen LogP contribution in [0.3, 0.4) is 0 Å². The maximum Gasteiger partial charge on any atom is 0.325 e. The van der Waals surface area contributed by atoms with Gasteiger partial charge >= 0.3 is 5.97 Å². The van der Waals surface area contributed by atoms with Crippen molar-refractivity contribution in [3.63, 3.8) is 0 Å². The number of aromatic nitrogens is 2. The molecule has 7 heteroatoms. The van der Waals surface area contributed by atoms with Crippen LogP contribution in [0, 0.1) is 0 Å². The molecule has 0 unspecified atom stereocenters. The Morgan fingerprint density at radius 3 is 2.55 bits per heavy atom. The van der Waals surface area contributed by atoms with E-state index in [1.165, 1.54) is 24.1 Å². The molecular formula is C13H19N3O4. The van der Waals surface area contributed by atoms with E-state index in [1.54, 1.807) is 20.8 Å². The maximum atomic E-state index is 12.3. The molecule has 1 rings (SSSR count). The van der Waals surface area contributed by atoms with Gasteiger partial charge in [-0.2, -0.15) is 5.10 Å². The van der Waals surface area contributed by atoms with Crippen LogP contribution in [0.2, 0.25) is 0 Å². The summed E-state index contributed by atoms with van der Waals surface area (Å²) in [7, 11) is 1.46. The zero-order valence-corrected chi connectivity index (χ0v) is 12.1. The van der Waals surface area contributed by atoms with E-state index in [9.17, 15) is 14.4 Å². The Kier molecular flexibility index (Phi) is 5.42. The first-order valence-corrected chi connectivity index (χ1v) is 6.37. The van der Waals surface area contributed by atoms with Gasteiger partial charge in [0.1, 0.15) is 12.2 Å². The van der Waals surface area contributed by atoms with E-state index in [2.05, 4.69) is 5.10 Å². The van der Waals surface area contributed by atoms with Gasteiger partial charge in [0.25, 0.3) is 11.5 Å². The van der Waals surface area contributed by atoms with E-state index in [1.807, 2.05) is 0 Å². The normalized spacial score (nSPS) is 10.4.